The molecule has 2 aromatic rings. The first-order valence-electron chi connectivity index (χ1n) is 6.87. The highest BCUT2D eigenvalue weighted by molar-refractivity contribution is 7.14. The topological polar surface area (TPSA) is 71.1 Å². The molecule has 0 radical (unpaired) electrons. The standard InChI is InChI=1S/C15H15F2N3O2S/c1-8(2)6-18-13(21)11-7-23-15(19-11)20-14(22)12-9(16)4-3-5-10(12)17/h3-5,7-8H,6H2,1-2H3,(H,18,21)(H,19,20,22). The van der Waals surface area contributed by atoms with E-state index >= 15 is 0 Å². The zero-order valence-corrected chi connectivity index (χ0v) is 13.3. The van der Waals surface area contributed by atoms with Crippen LogP contribution >= 0.6 is 11.3 Å². The predicted octanol–water partition coefficient (Wildman–Crippen LogP) is 3.06. The van der Waals surface area contributed by atoms with Gasteiger partial charge in [0, 0.05) is 11.9 Å². The van der Waals surface area contributed by atoms with E-state index in [4.69, 9.17) is 0 Å². The second-order valence-corrected chi connectivity index (χ2v) is 6.05. The third-order valence-electron chi connectivity index (χ3n) is 2.82. The van der Waals surface area contributed by atoms with Crippen LogP contribution in [0, 0.1) is 17.6 Å². The van der Waals surface area contributed by atoms with Crippen LogP contribution in [0.15, 0.2) is 23.6 Å². The maximum atomic E-state index is 13.5. The van der Waals surface area contributed by atoms with Crippen LogP contribution in [-0.4, -0.2) is 23.3 Å². The Labute approximate surface area is 135 Å². The molecule has 0 unspecified atom stereocenters. The Morgan fingerprint density at radius 2 is 1.87 bits per heavy atom. The number of amides is 2. The number of carbonyl (C=O) groups excluding carboxylic acids is 2. The van der Waals surface area contributed by atoms with Crippen molar-refractivity contribution < 1.29 is 18.4 Å². The number of benzene rings is 1. The van der Waals surface area contributed by atoms with Crippen LogP contribution in [-0.2, 0) is 0 Å². The number of hydrogen-bond acceptors (Lipinski definition) is 4. The number of nitrogens with zero attached hydrogens (tertiary/aromatic N) is 1. The number of nitrogens with one attached hydrogen (secondary N) is 2. The molecule has 0 fully saturated rings. The second-order valence-electron chi connectivity index (χ2n) is 5.19. The van der Waals surface area contributed by atoms with Crippen molar-refractivity contribution in [2.45, 2.75) is 13.8 Å². The third kappa shape index (κ3) is 4.32. The largest absolute Gasteiger partial charge is 0.350 e. The van der Waals surface area contributed by atoms with Crippen LogP contribution in [0.5, 0.6) is 0 Å². The van der Waals surface area contributed by atoms with E-state index in [1.165, 1.54) is 11.4 Å². The van der Waals surface area contributed by atoms with Gasteiger partial charge in [-0.25, -0.2) is 13.8 Å². The fraction of sp³-hybridized carbons (Fsp3) is 0.267. The third-order valence-corrected chi connectivity index (χ3v) is 3.58. The minimum atomic E-state index is -0.964. The Morgan fingerprint density at radius 1 is 1.22 bits per heavy atom. The molecular formula is C15H15F2N3O2S. The SMILES string of the molecule is CC(C)CNC(=O)c1csc(NC(=O)c2c(F)cccc2F)n1. The van der Waals surface area contributed by atoms with Crippen LogP contribution in [0.3, 0.4) is 0 Å². The van der Waals surface area contributed by atoms with Crippen molar-refractivity contribution in [3.05, 3.63) is 46.5 Å². The summed E-state index contributed by atoms with van der Waals surface area (Å²) in [6.07, 6.45) is 0. The number of carbonyl (C=O) groups is 2. The highest BCUT2D eigenvalue weighted by Gasteiger charge is 2.19. The molecule has 1 heterocycles. The summed E-state index contributed by atoms with van der Waals surface area (Å²) < 4.78 is 27.1. The molecule has 0 spiro atoms. The molecule has 0 atom stereocenters. The van der Waals surface area contributed by atoms with E-state index in [0.717, 1.165) is 23.5 Å². The van der Waals surface area contributed by atoms with Gasteiger partial charge in [-0.2, -0.15) is 0 Å². The molecule has 122 valence electrons. The molecule has 1 aromatic carbocycles. The van der Waals surface area contributed by atoms with Crippen molar-refractivity contribution in [2.75, 3.05) is 11.9 Å². The van der Waals surface area contributed by atoms with Crippen LogP contribution in [0.4, 0.5) is 13.9 Å². The lowest BCUT2D eigenvalue weighted by atomic mass is 10.2. The number of hydrogen-bond donors (Lipinski definition) is 2. The Bertz CT molecular complexity index is 711. The maximum Gasteiger partial charge on any atom is 0.270 e. The smallest absolute Gasteiger partial charge is 0.270 e. The van der Waals surface area contributed by atoms with Crippen molar-refractivity contribution >= 4 is 28.3 Å². The van der Waals surface area contributed by atoms with Crippen molar-refractivity contribution in [2.24, 2.45) is 5.92 Å². The van der Waals surface area contributed by atoms with Crippen molar-refractivity contribution in [1.82, 2.24) is 10.3 Å². The average Bonchev–Trinajstić information content (AvgIpc) is 2.93. The number of thiazole rings is 1. The molecule has 0 bridgehead atoms. The quantitative estimate of drug-likeness (QED) is 0.879. The van der Waals surface area contributed by atoms with Gasteiger partial charge < -0.3 is 5.32 Å². The Hall–Kier alpha value is -2.35. The van der Waals surface area contributed by atoms with Crippen molar-refractivity contribution in [3.63, 3.8) is 0 Å². The zero-order chi connectivity index (χ0) is 17.0. The van der Waals surface area contributed by atoms with E-state index in [-0.39, 0.29) is 16.7 Å². The molecular weight excluding hydrogens is 324 g/mol. The lowest BCUT2D eigenvalue weighted by Gasteiger charge is -2.05. The van der Waals surface area contributed by atoms with E-state index < -0.39 is 23.1 Å². The number of halogens is 2. The van der Waals surface area contributed by atoms with Gasteiger partial charge in [0.25, 0.3) is 11.8 Å². The normalized spacial score (nSPS) is 10.7. The lowest BCUT2D eigenvalue weighted by molar-refractivity contribution is 0.0943. The van der Waals surface area contributed by atoms with Crippen LogP contribution in [0.25, 0.3) is 0 Å². The maximum absolute atomic E-state index is 13.5. The van der Waals surface area contributed by atoms with Gasteiger partial charge in [0.05, 0.1) is 0 Å². The fourth-order valence-electron chi connectivity index (χ4n) is 1.70. The molecule has 2 amide bonds. The number of anilines is 1. The van der Waals surface area contributed by atoms with Crippen LogP contribution in [0.2, 0.25) is 0 Å². The summed E-state index contributed by atoms with van der Waals surface area (Å²) in [4.78, 5) is 27.7. The first-order valence-corrected chi connectivity index (χ1v) is 7.75. The number of aromatic nitrogens is 1. The van der Waals surface area contributed by atoms with E-state index in [0.29, 0.717) is 12.5 Å². The van der Waals surface area contributed by atoms with Gasteiger partial charge in [0.2, 0.25) is 0 Å². The summed E-state index contributed by atoms with van der Waals surface area (Å²) in [5.41, 5.74) is -0.548. The molecule has 2 rings (SSSR count). The van der Waals surface area contributed by atoms with Gasteiger partial charge in [0.15, 0.2) is 5.13 Å². The highest BCUT2D eigenvalue weighted by Crippen LogP contribution is 2.19. The monoisotopic (exact) mass is 339 g/mol. The van der Waals surface area contributed by atoms with Crippen molar-refractivity contribution in [3.8, 4) is 0 Å². The van der Waals surface area contributed by atoms with Gasteiger partial charge in [-0.05, 0) is 18.1 Å². The summed E-state index contributed by atoms with van der Waals surface area (Å²) >= 11 is 0.998. The molecule has 0 aliphatic carbocycles. The molecule has 2 N–H and O–H groups in total. The van der Waals surface area contributed by atoms with Crippen LogP contribution in [0.1, 0.15) is 34.7 Å². The molecule has 23 heavy (non-hydrogen) atoms. The van der Waals surface area contributed by atoms with Gasteiger partial charge in [0.1, 0.15) is 22.9 Å². The molecule has 1 aromatic heterocycles. The van der Waals surface area contributed by atoms with E-state index in [9.17, 15) is 18.4 Å². The van der Waals surface area contributed by atoms with E-state index in [2.05, 4.69) is 15.6 Å². The minimum Gasteiger partial charge on any atom is -0.350 e. The fourth-order valence-corrected chi connectivity index (χ4v) is 2.38. The van der Waals surface area contributed by atoms with Gasteiger partial charge in [-0.3, -0.25) is 14.9 Å². The summed E-state index contributed by atoms with van der Waals surface area (Å²) in [6.45, 7) is 4.41. The summed E-state index contributed by atoms with van der Waals surface area (Å²) in [5, 5.41) is 6.53. The van der Waals surface area contributed by atoms with Crippen LogP contribution < -0.4 is 10.6 Å². The summed E-state index contributed by atoms with van der Waals surface area (Å²) in [6, 6.07) is 3.15. The molecule has 0 saturated carbocycles. The Morgan fingerprint density at radius 3 is 2.48 bits per heavy atom. The van der Waals surface area contributed by atoms with Gasteiger partial charge in [-0.1, -0.05) is 19.9 Å². The molecule has 0 saturated heterocycles. The Balaban J connectivity index is 2.07. The molecule has 5 nitrogen and oxygen atoms in total. The molecule has 0 aliphatic heterocycles. The zero-order valence-electron chi connectivity index (χ0n) is 12.5. The number of rotatable bonds is 5. The summed E-state index contributed by atoms with van der Waals surface area (Å²) in [5.74, 6) is -2.96. The Kier molecular flexibility index (Phi) is 5.38. The average molecular weight is 339 g/mol. The molecule has 8 heteroatoms. The highest BCUT2D eigenvalue weighted by atomic mass is 32.1. The first-order chi connectivity index (χ1) is 10.9. The molecule has 0 aliphatic rings. The minimum absolute atomic E-state index is 0.0901. The van der Waals surface area contributed by atoms with Crippen molar-refractivity contribution in [1.29, 1.82) is 0 Å². The van der Waals surface area contributed by atoms with E-state index in [1.807, 2.05) is 13.8 Å². The summed E-state index contributed by atoms with van der Waals surface area (Å²) in [7, 11) is 0. The lowest BCUT2D eigenvalue weighted by Crippen LogP contribution is -2.27. The first kappa shape index (κ1) is 17.0. The van der Waals surface area contributed by atoms with Gasteiger partial charge >= 0.3 is 0 Å². The second kappa shape index (κ2) is 7.28. The van der Waals surface area contributed by atoms with Gasteiger partial charge in [-0.15, -0.1) is 11.3 Å². The van der Waals surface area contributed by atoms with E-state index in [1.54, 1.807) is 0 Å². The predicted molar refractivity (Wildman–Crippen MR) is 83.6 cm³/mol.